The van der Waals surface area contributed by atoms with Crippen LogP contribution in [0.4, 0.5) is 0 Å². The predicted octanol–water partition coefficient (Wildman–Crippen LogP) is 5.75. The van der Waals surface area contributed by atoms with Crippen molar-refractivity contribution in [3.05, 3.63) is 41.5 Å². The maximum Gasteiger partial charge on any atom is 0.250 e. The van der Waals surface area contributed by atoms with E-state index < -0.39 is 7.59 Å². The van der Waals surface area contributed by atoms with Crippen LogP contribution < -0.4 is 0 Å². The van der Waals surface area contributed by atoms with Gasteiger partial charge in [0.15, 0.2) is 17.5 Å². The van der Waals surface area contributed by atoms with Gasteiger partial charge in [0.25, 0.3) is 0 Å². The topological polar surface area (TPSA) is 38.7 Å². The Morgan fingerprint density at radius 1 is 0.773 bits per heavy atom. The van der Waals surface area contributed by atoms with E-state index in [1.807, 2.05) is 24.3 Å². The zero-order chi connectivity index (χ0) is 16.5. The van der Waals surface area contributed by atoms with Gasteiger partial charge in [-0.05, 0) is 12.0 Å². The van der Waals surface area contributed by atoms with E-state index in [-0.39, 0.29) is 17.5 Å². The number of aromatic nitrogens is 3. The lowest BCUT2D eigenvalue weighted by Gasteiger charge is -2.15. The zero-order valence-corrected chi connectivity index (χ0v) is 15.7. The summed E-state index contributed by atoms with van der Waals surface area (Å²) < 4.78 is -3.71. The first kappa shape index (κ1) is 18.3. The number of benzene rings is 1. The van der Waals surface area contributed by atoms with Crippen LogP contribution in [-0.2, 0) is 14.0 Å². The van der Waals surface area contributed by atoms with Gasteiger partial charge in [0, 0.05) is 5.56 Å². The highest BCUT2D eigenvalue weighted by molar-refractivity contribution is 6.67. The third kappa shape index (κ3) is 4.50. The molecule has 0 saturated carbocycles. The largest absolute Gasteiger partial charge is 0.250 e. The van der Waals surface area contributed by atoms with Gasteiger partial charge in [0.05, 0.1) is 0 Å². The SMILES string of the molecule is CCc1ccc(-c2nc(C(Cl)(Cl)Cl)nc(C(Cl)(Cl)Cl)n2)cc1. The Hall–Kier alpha value is -0.0300. The van der Waals surface area contributed by atoms with E-state index in [2.05, 4.69) is 21.9 Å². The molecule has 0 radical (unpaired) electrons. The molecule has 0 aliphatic heterocycles. The van der Waals surface area contributed by atoms with Gasteiger partial charge >= 0.3 is 0 Å². The number of nitrogens with zero attached hydrogens (tertiary/aromatic N) is 3. The Bertz CT molecular complexity index is 629. The second kappa shape index (κ2) is 6.84. The summed E-state index contributed by atoms with van der Waals surface area (Å²) in [5.74, 6) is 0.0482. The average molecular weight is 420 g/mol. The van der Waals surface area contributed by atoms with Gasteiger partial charge in [-0.1, -0.05) is 101 Å². The van der Waals surface area contributed by atoms with E-state index in [4.69, 9.17) is 69.6 Å². The highest BCUT2D eigenvalue weighted by Crippen LogP contribution is 2.40. The van der Waals surface area contributed by atoms with Crippen LogP contribution in [0.2, 0.25) is 0 Å². The maximum atomic E-state index is 5.84. The van der Waals surface area contributed by atoms with Crippen molar-refractivity contribution in [3.63, 3.8) is 0 Å². The molecule has 9 heteroatoms. The Balaban J connectivity index is 2.59. The first-order valence-electron chi connectivity index (χ1n) is 6.11. The predicted molar refractivity (Wildman–Crippen MR) is 93.1 cm³/mol. The Labute approximate surface area is 157 Å². The fourth-order valence-corrected chi connectivity index (χ4v) is 2.16. The summed E-state index contributed by atoms with van der Waals surface area (Å²) in [7, 11) is 0. The highest BCUT2D eigenvalue weighted by atomic mass is 35.6. The van der Waals surface area contributed by atoms with Crippen LogP contribution in [0.5, 0.6) is 0 Å². The number of aryl methyl sites for hydroxylation is 1. The molecule has 0 fully saturated rings. The van der Waals surface area contributed by atoms with Gasteiger partial charge < -0.3 is 0 Å². The number of alkyl halides is 6. The van der Waals surface area contributed by atoms with E-state index in [9.17, 15) is 0 Å². The van der Waals surface area contributed by atoms with Gasteiger partial charge in [-0.2, -0.15) is 0 Å². The third-order valence-electron chi connectivity index (χ3n) is 2.76. The number of halogens is 6. The maximum absolute atomic E-state index is 5.84. The fraction of sp³-hybridized carbons (Fsp3) is 0.308. The molecule has 0 spiro atoms. The number of hydrogen-bond donors (Lipinski definition) is 0. The molecule has 0 aliphatic rings. The minimum absolute atomic E-state index is 0.108. The van der Waals surface area contributed by atoms with E-state index in [0.717, 1.165) is 6.42 Å². The van der Waals surface area contributed by atoms with Crippen LogP contribution in [0, 0.1) is 0 Å². The molecule has 118 valence electrons. The summed E-state index contributed by atoms with van der Waals surface area (Å²) in [6, 6.07) is 7.59. The molecule has 0 saturated heterocycles. The van der Waals surface area contributed by atoms with Crippen molar-refractivity contribution in [1.82, 2.24) is 15.0 Å². The molecule has 0 unspecified atom stereocenters. The molecule has 2 rings (SSSR count). The second-order valence-corrected chi connectivity index (χ2v) is 8.91. The molecule has 3 nitrogen and oxygen atoms in total. The lowest BCUT2D eigenvalue weighted by Crippen LogP contribution is -2.16. The molecule has 0 bridgehead atoms. The highest BCUT2D eigenvalue weighted by Gasteiger charge is 2.33. The Morgan fingerprint density at radius 3 is 1.59 bits per heavy atom. The molecule has 1 aromatic carbocycles. The quantitative estimate of drug-likeness (QED) is 0.581. The molecule has 2 aromatic rings. The molecule has 0 N–H and O–H groups in total. The van der Waals surface area contributed by atoms with E-state index in [1.54, 1.807) is 0 Å². The molecule has 0 amide bonds. The van der Waals surface area contributed by atoms with Crippen LogP contribution in [0.3, 0.4) is 0 Å². The zero-order valence-electron chi connectivity index (χ0n) is 11.1. The van der Waals surface area contributed by atoms with Crippen LogP contribution in [0.25, 0.3) is 11.4 Å². The second-order valence-electron chi connectivity index (χ2n) is 4.35. The summed E-state index contributed by atoms with van der Waals surface area (Å²) in [5.41, 5.74) is 1.87. The smallest absolute Gasteiger partial charge is 0.209 e. The molecular formula is C13H9Cl6N3. The molecule has 0 atom stereocenters. The van der Waals surface area contributed by atoms with E-state index >= 15 is 0 Å². The monoisotopic (exact) mass is 417 g/mol. The summed E-state index contributed by atoms with van der Waals surface area (Å²) in [4.78, 5) is 12.2. The van der Waals surface area contributed by atoms with Crippen molar-refractivity contribution in [2.75, 3.05) is 0 Å². The first-order valence-corrected chi connectivity index (χ1v) is 8.38. The summed E-state index contributed by atoms with van der Waals surface area (Å²) >= 11 is 35.0. The molecule has 1 aromatic heterocycles. The standard InChI is InChI=1S/C13H9Cl6N3/c1-2-7-3-5-8(6-4-7)9-20-10(12(14,15)16)22-11(21-9)13(17,18)19/h3-6H,2H2,1H3. The van der Waals surface area contributed by atoms with Crippen molar-refractivity contribution >= 4 is 69.6 Å². The summed E-state index contributed by atoms with van der Waals surface area (Å²) in [6.07, 6.45) is 0.913. The minimum Gasteiger partial charge on any atom is -0.209 e. The van der Waals surface area contributed by atoms with Gasteiger partial charge in [-0.3, -0.25) is 0 Å². The first-order chi connectivity index (χ1) is 10.1. The average Bonchev–Trinajstić information content (AvgIpc) is 2.45. The third-order valence-corrected chi connectivity index (χ3v) is 3.78. The number of rotatable bonds is 2. The minimum atomic E-state index is -1.86. The van der Waals surface area contributed by atoms with Crippen LogP contribution in [0.15, 0.2) is 24.3 Å². The van der Waals surface area contributed by atoms with Gasteiger partial charge in [-0.15, -0.1) is 0 Å². The van der Waals surface area contributed by atoms with E-state index in [1.165, 1.54) is 5.56 Å². The molecule has 22 heavy (non-hydrogen) atoms. The van der Waals surface area contributed by atoms with Crippen LogP contribution in [0.1, 0.15) is 24.1 Å². The van der Waals surface area contributed by atoms with Crippen molar-refractivity contribution < 1.29 is 0 Å². The van der Waals surface area contributed by atoms with Crippen molar-refractivity contribution in [2.24, 2.45) is 0 Å². The van der Waals surface area contributed by atoms with Crippen molar-refractivity contribution in [1.29, 1.82) is 0 Å². The Kier molecular flexibility index (Phi) is 5.69. The lowest BCUT2D eigenvalue weighted by atomic mass is 10.1. The van der Waals surface area contributed by atoms with Crippen molar-refractivity contribution in [2.45, 2.75) is 20.9 Å². The van der Waals surface area contributed by atoms with Crippen molar-refractivity contribution in [3.8, 4) is 11.4 Å². The molecule has 1 heterocycles. The summed E-state index contributed by atoms with van der Waals surface area (Å²) in [5, 5.41) is 0. The van der Waals surface area contributed by atoms with Gasteiger partial charge in [0.2, 0.25) is 7.59 Å². The number of hydrogen-bond acceptors (Lipinski definition) is 3. The van der Waals surface area contributed by atoms with Gasteiger partial charge in [-0.25, -0.2) is 15.0 Å². The molecule has 0 aliphatic carbocycles. The normalized spacial score (nSPS) is 12.5. The van der Waals surface area contributed by atoms with Crippen LogP contribution in [-0.4, -0.2) is 15.0 Å². The van der Waals surface area contributed by atoms with Gasteiger partial charge in [0.1, 0.15) is 0 Å². The molecular weight excluding hydrogens is 411 g/mol. The summed E-state index contributed by atoms with van der Waals surface area (Å²) in [6.45, 7) is 2.06. The lowest BCUT2D eigenvalue weighted by molar-refractivity contribution is 0.851. The van der Waals surface area contributed by atoms with E-state index in [0.29, 0.717) is 5.56 Å². The van der Waals surface area contributed by atoms with Crippen LogP contribution >= 0.6 is 69.6 Å². The fourth-order valence-electron chi connectivity index (χ4n) is 1.65. The Morgan fingerprint density at radius 2 is 1.23 bits per heavy atom.